The molecule has 0 bridgehead atoms. The lowest BCUT2D eigenvalue weighted by atomic mass is 10.1. The van der Waals surface area contributed by atoms with Gasteiger partial charge in [0.05, 0.1) is 22.2 Å². The van der Waals surface area contributed by atoms with Crippen LogP contribution in [0.2, 0.25) is 5.02 Å². The van der Waals surface area contributed by atoms with Crippen LogP contribution >= 0.6 is 11.6 Å². The number of ether oxygens (including phenoxy) is 2. The third kappa shape index (κ3) is 6.16. The third-order valence-electron chi connectivity index (χ3n) is 5.35. The normalized spacial score (nSPS) is 14.0. The molecule has 2 aromatic carbocycles. The first-order chi connectivity index (χ1) is 17.5. The molecular formula is C28H26ClN3O5. The molecular weight excluding hydrogens is 494 g/mol. The zero-order chi connectivity index (χ0) is 26.7. The number of imide groups is 1. The molecule has 0 unspecified atom stereocenters. The number of nitrogens with zero attached hydrogens (tertiary/aromatic N) is 2. The van der Waals surface area contributed by atoms with Crippen LogP contribution < -0.4 is 10.1 Å². The maximum Gasteiger partial charge on any atom is 0.412 e. The molecule has 0 fully saturated rings. The number of pyridine rings is 1. The van der Waals surface area contributed by atoms with E-state index in [0.29, 0.717) is 28.4 Å². The first-order valence-electron chi connectivity index (χ1n) is 11.6. The third-order valence-corrected chi connectivity index (χ3v) is 5.65. The second-order valence-corrected chi connectivity index (χ2v) is 9.84. The molecule has 4 rings (SSSR count). The quantitative estimate of drug-likeness (QED) is 0.370. The summed E-state index contributed by atoms with van der Waals surface area (Å²) in [6, 6.07) is 14.6. The number of benzene rings is 2. The Hall–Kier alpha value is -4.17. The number of hydrogen-bond donors (Lipinski definition) is 1. The number of fused-ring (bicyclic) bond motifs is 1. The summed E-state index contributed by atoms with van der Waals surface area (Å²) in [7, 11) is 0. The van der Waals surface area contributed by atoms with Crippen molar-refractivity contribution in [2.75, 3.05) is 5.32 Å². The van der Waals surface area contributed by atoms with Gasteiger partial charge in [0.2, 0.25) is 5.88 Å². The second-order valence-electron chi connectivity index (χ2n) is 9.43. The largest absolute Gasteiger partial charge is 0.444 e. The number of amides is 3. The highest BCUT2D eigenvalue weighted by molar-refractivity contribution is 6.32. The highest BCUT2D eigenvalue weighted by atomic mass is 35.5. The number of aromatic nitrogens is 1. The van der Waals surface area contributed by atoms with Crippen LogP contribution in [0.15, 0.2) is 66.9 Å². The van der Waals surface area contributed by atoms with Gasteiger partial charge >= 0.3 is 6.09 Å². The minimum Gasteiger partial charge on any atom is -0.444 e. The number of carbonyl (C=O) groups is 3. The number of hydrogen-bond acceptors (Lipinski definition) is 6. The van der Waals surface area contributed by atoms with Crippen LogP contribution in [0.25, 0.3) is 6.08 Å². The van der Waals surface area contributed by atoms with Crippen LogP contribution in [0.4, 0.5) is 10.5 Å². The Morgan fingerprint density at radius 1 is 1.05 bits per heavy atom. The van der Waals surface area contributed by atoms with E-state index in [2.05, 4.69) is 10.3 Å². The van der Waals surface area contributed by atoms with Crippen LogP contribution in [0.5, 0.6) is 11.6 Å². The fraction of sp³-hybridized carbons (Fsp3) is 0.214. The Morgan fingerprint density at radius 3 is 2.30 bits per heavy atom. The molecule has 1 aliphatic rings. The molecule has 1 aromatic heterocycles. The fourth-order valence-corrected chi connectivity index (χ4v) is 3.88. The van der Waals surface area contributed by atoms with E-state index in [0.717, 1.165) is 5.56 Å². The maximum atomic E-state index is 12.6. The molecule has 190 valence electrons. The minimum absolute atomic E-state index is 0.286. The predicted molar refractivity (Wildman–Crippen MR) is 141 cm³/mol. The summed E-state index contributed by atoms with van der Waals surface area (Å²) in [5.41, 5.74) is 1.45. The lowest BCUT2D eigenvalue weighted by Crippen LogP contribution is -2.36. The number of halogens is 1. The van der Waals surface area contributed by atoms with Gasteiger partial charge in [0.1, 0.15) is 11.4 Å². The van der Waals surface area contributed by atoms with Crippen molar-refractivity contribution in [3.63, 3.8) is 0 Å². The van der Waals surface area contributed by atoms with Gasteiger partial charge in [-0.3, -0.25) is 19.8 Å². The molecule has 0 saturated heterocycles. The van der Waals surface area contributed by atoms with E-state index in [1.165, 1.54) is 4.90 Å². The molecule has 0 saturated carbocycles. The van der Waals surface area contributed by atoms with Gasteiger partial charge in [0, 0.05) is 18.0 Å². The Bertz CT molecular complexity index is 1340. The Morgan fingerprint density at radius 2 is 1.73 bits per heavy atom. The fourth-order valence-electron chi connectivity index (χ4n) is 3.66. The van der Waals surface area contributed by atoms with Gasteiger partial charge < -0.3 is 9.47 Å². The zero-order valence-corrected chi connectivity index (χ0v) is 21.6. The van der Waals surface area contributed by atoms with Crippen LogP contribution in [-0.2, 0) is 4.74 Å². The van der Waals surface area contributed by atoms with Gasteiger partial charge in [-0.05, 0) is 69.7 Å². The number of anilines is 1. The molecule has 9 heteroatoms. The van der Waals surface area contributed by atoms with Gasteiger partial charge in [-0.15, -0.1) is 0 Å². The summed E-state index contributed by atoms with van der Waals surface area (Å²) in [4.78, 5) is 42.8. The zero-order valence-electron chi connectivity index (χ0n) is 20.8. The van der Waals surface area contributed by atoms with Gasteiger partial charge in [-0.2, -0.15) is 0 Å². The summed E-state index contributed by atoms with van der Waals surface area (Å²) in [5, 5.41) is 2.91. The van der Waals surface area contributed by atoms with Crippen molar-refractivity contribution in [2.45, 2.75) is 39.3 Å². The van der Waals surface area contributed by atoms with Crippen LogP contribution in [0.3, 0.4) is 0 Å². The highest BCUT2D eigenvalue weighted by Crippen LogP contribution is 2.31. The van der Waals surface area contributed by atoms with Crippen molar-refractivity contribution in [3.05, 3.63) is 88.6 Å². The Balaban J connectivity index is 1.37. The lowest BCUT2D eigenvalue weighted by molar-refractivity contribution is 0.0616. The SMILES string of the molecule is C[C@@H](/C=C/c1ccc(Oc2ccc(NC(=O)OC(C)(C)C)cc2Cl)nc1)N1C(=O)c2ccccc2C1=O. The number of rotatable bonds is 6. The molecule has 1 atom stereocenters. The van der Waals surface area contributed by atoms with E-state index >= 15 is 0 Å². The van der Waals surface area contributed by atoms with E-state index in [9.17, 15) is 14.4 Å². The predicted octanol–water partition coefficient (Wildman–Crippen LogP) is 6.57. The first kappa shape index (κ1) is 25.9. The first-order valence-corrected chi connectivity index (χ1v) is 12.0. The molecule has 0 spiro atoms. The molecule has 0 radical (unpaired) electrons. The average Bonchev–Trinajstić information content (AvgIpc) is 3.09. The molecule has 1 N–H and O–H groups in total. The lowest BCUT2D eigenvalue weighted by Gasteiger charge is -2.19. The van der Waals surface area contributed by atoms with Crippen molar-refractivity contribution in [1.82, 2.24) is 9.88 Å². The standard InChI is InChI=1S/C28H26ClN3O5/c1-17(32-25(33)20-7-5-6-8-21(20)26(32)34)9-10-18-11-14-24(30-16-18)36-23-13-12-19(15-22(23)29)31-27(35)37-28(2,3)4/h5-17H,1-4H3,(H,31,35)/b10-9+/t17-/m0/s1. The molecule has 3 aromatic rings. The van der Waals surface area contributed by atoms with Crippen molar-refractivity contribution < 1.29 is 23.9 Å². The molecule has 2 heterocycles. The van der Waals surface area contributed by atoms with Gasteiger partial charge in [-0.25, -0.2) is 9.78 Å². The van der Waals surface area contributed by atoms with Crippen molar-refractivity contribution in [1.29, 1.82) is 0 Å². The second kappa shape index (κ2) is 10.4. The minimum atomic E-state index is -0.614. The van der Waals surface area contributed by atoms with E-state index < -0.39 is 17.7 Å². The van der Waals surface area contributed by atoms with Crippen LogP contribution in [0, 0.1) is 0 Å². The van der Waals surface area contributed by atoms with Crippen LogP contribution in [-0.4, -0.2) is 39.4 Å². The van der Waals surface area contributed by atoms with Crippen molar-refractivity contribution >= 4 is 41.3 Å². The number of carbonyl (C=O) groups excluding carboxylic acids is 3. The monoisotopic (exact) mass is 519 g/mol. The van der Waals surface area contributed by atoms with Crippen LogP contribution in [0.1, 0.15) is 54.0 Å². The van der Waals surface area contributed by atoms with E-state index in [4.69, 9.17) is 21.1 Å². The van der Waals surface area contributed by atoms with E-state index in [-0.39, 0.29) is 16.8 Å². The molecule has 8 nitrogen and oxygen atoms in total. The van der Waals surface area contributed by atoms with E-state index in [1.807, 2.05) is 0 Å². The summed E-state index contributed by atoms with van der Waals surface area (Å²) in [5.74, 6) is 0.0828. The highest BCUT2D eigenvalue weighted by Gasteiger charge is 2.37. The average molecular weight is 520 g/mol. The van der Waals surface area contributed by atoms with Gasteiger partial charge in [-0.1, -0.05) is 35.9 Å². The Labute approximate surface area is 219 Å². The summed E-state index contributed by atoms with van der Waals surface area (Å²) in [6.07, 6.45) is 4.58. The smallest absolute Gasteiger partial charge is 0.412 e. The Kier molecular flexibility index (Phi) is 7.31. The molecule has 3 amide bonds. The van der Waals surface area contributed by atoms with Crippen molar-refractivity contribution in [3.8, 4) is 11.6 Å². The molecule has 0 aliphatic carbocycles. The maximum absolute atomic E-state index is 12.6. The number of nitrogens with one attached hydrogen (secondary N) is 1. The summed E-state index contributed by atoms with van der Waals surface area (Å²) < 4.78 is 11.0. The summed E-state index contributed by atoms with van der Waals surface area (Å²) >= 11 is 6.32. The topological polar surface area (TPSA) is 97.8 Å². The van der Waals surface area contributed by atoms with Gasteiger partial charge in [0.15, 0.2) is 0 Å². The molecule has 1 aliphatic heterocycles. The van der Waals surface area contributed by atoms with E-state index in [1.54, 1.807) is 101 Å². The summed E-state index contributed by atoms with van der Waals surface area (Å²) in [6.45, 7) is 7.12. The van der Waals surface area contributed by atoms with Crippen molar-refractivity contribution in [2.24, 2.45) is 0 Å². The van der Waals surface area contributed by atoms with Gasteiger partial charge in [0.25, 0.3) is 11.8 Å². The molecule has 37 heavy (non-hydrogen) atoms.